The molecule has 0 aliphatic carbocycles. The van der Waals surface area contributed by atoms with Crippen molar-refractivity contribution in [1.82, 2.24) is 28.9 Å². The monoisotopic (exact) mass is 888 g/mol. The molecule has 0 N–H and O–H groups in total. The summed E-state index contributed by atoms with van der Waals surface area (Å²) in [4.78, 5) is 62.0. The molecule has 0 bridgehead atoms. The number of halogens is 3. The van der Waals surface area contributed by atoms with Crippen LogP contribution in [0.15, 0.2) is 90.0 Å². The molecule has 0 fully saturated rings. The van der Waals surface area contributed by atoms with Crippen molar-refractivity contribution in [1.29, 1.82) is 0 Å². The van der Waals surface area contributed by atoms with E-state index in [4.69, 9.17) is 0 Å². The van der Waals surface area contributed by atoms with Crippen LogP contribution in [0.25, 0.3) is 20.4 Å². The van der Waals surface area contributed by atoms with Gasteiger partial charge >= 0.3 is 0 Å². The second-order valence-corrected chi connectivity index (χ2v) is 17.1. The molecule has 0 saturated carbocycles. The molecule has 4 aromatic heterocycles. The predicted octanol–water partition coefficient (Wildman–Crippen LogP) is 6.69. The number of thiophene rings is 2. The minimum absolute atomic E-state index is 0.0858. The van der Waals surface area contributed by atoms with Crippen molar-refractivity contribution in [3.63, 3.8) is 0 Å². The summed E-state index contributed by atoms with van der Waals surface area (Å²) in [7, 11) is 6.75. The van der Waals surface area contributed by atoms with Crippen LogP contribution in [-0.4, -0.2) is 68.9 Å². The van der Waals surface area contributed by atoms with Gasteiger partial charge in [-0.25, -0.2) is 9.97 Å². The van der Waals surface area contributed by atoms with Gasteiger partial charge in [0.2, 0.25) is 11.8 Å². The van der Waals surface area contributed by atoms with E-state index in [9.17, 15) is 19.2 Å². The highest BCUT2D eigenvalue weighted by molar-refractivity contribution is 9.11. The van der Waals surface area contributed by atoms with E-state index in [0.29, 0.717) is 45.2 Å². The minimum Gasteiger partial charge on any atom is -0.348 e. The second-order valence-electron chi connectivity index (χ2n) is 11.3. The number of alkyl halides is 1. The van der Waals surface area contributed by atoms with Crippen molar-refractivity contribution in [2.45, 2.75) is 24.3 Å². The Morgan fingerprint density at radius 3 is 1.69 bits per heavy atom. The summed E-state index contributed by atoms with van der Waals surface area (Å²) in [5.41, 5.74) is 2.94. The third-order valence-corrected chi connectivity index (χ3v) is 11.4. The van der Waals surface area contributed by atoms with Crippen LogP contribution in [-0.2, 0) is 29.1 Å². The molecule has 2 aromatic carbocycles. The molecule has 1 unspecified atom stereocenters. The zero-order chi connectivity index (χ0) is 35.4. The topological polar surface area (TPSA) is 110 Å². The Hall–Kier alpha value is -3.50. The average Bonchev–Trinajstić information content (AvgIpc) is 3.65. The standard InChI is InChI=1S/C17H15Br2N3O2S.C17H16BrN3O2S/c1-21(2)16(23)13(19)15-20-11-8-12(18)25-14(11)17(24)22(15)9-10-6-4-3-5-7-10;1-20(2)15(22)9-14-19-12-8-13(18)24-16(12)17(23)21(14)10-11-6-4-3-5-7-11/h3-8,13H,9H2,1-2H3;3-8H,9-10H2,1-2H3. The lowest BCUT2D eigenvalue weighted by Crippen LogP contribution is -2.32. The molecule has 10 nitrogen and oxygen atoms in total. The second kappa shape index (κ2) is 16.0. The quantitative estimate of drug-likeness (QED) is 0.158. The molecule has 2 amide bonds. The first-order valence-corrected chi connectivity index (χ1v) is 19.0. The van der Waals surface area contributed by atoms with E-state index in [-0.39, 0.29) is 29.4 Å². The van der Waals surface area contributed by atoms with Crippen LogP contribution >= 0.6 is 70.5 Å². The van der Waals surface area contributed by atoms with Crippen molar-refractivity contribution in [3.8, 4) is 0 Å². The largest absolute Gasteiger partial charge is 0.348 e. The highest BCUT2D eigenvalue weighted by atomic mass is 79.9. The molecule has 0 aliphatic heterocycles. The van der Waals surface area contributed by atoms with Crippen LogP contribution in [0.2, 0.25) is 0 Å². The highest BCUT2D eigenvalue weighted by Gasteiger charge is 2.26. The summed E-state index contributed by atoms with van der Waals surface area (Å²) in [5.74, 6) is 0.644. The van der Waals surface area contributed by atoms with Crippen molar-refractivity contribution < 1.29 is 9.59 Å². The van der Waals surface area contributed by atoms with Gasteiger partial charge in [-0.05, 0) is 55.1 Å². The maximum atomic E-state index is 13.0. The van der Waals surface area contributed by atoms with Crippen LogP contribution < -0.4 is 11.1 Å². The van der Waals surface area contributed by atoms with Gasteiger partial charge in [-0.2, -0.15) is 0 Å². The first-order valence-electron chi connectivity index (χ1n) is 14.9. The number of rotatable bonds is 8. The van der Waals surface area contributed by atoms with Crippen LogP contribution in [0.1, 0.15) is 27.6 Å². The zero-order valence-corrected chi connectivity index (χ0v) is 33.3. The number of amides is 2. The molecular formula is C34H31Br3N6O4S2. The Morgan fingerprint density at radius 1 is 0.735 bits per heavy atom. The van der Waals surface area contributed by atoms with Crippen LogP contribution in [0.4, 0.5) is 0 Å². The Bertz CT molecular complexity index is 2250. The van der Waals surface area contributed by atoms with Gasteiger partial charge in [0.15, 0.2) is 4.83 Å². The number of hydrogen-bond donors (Lipinski definition) is 0. The van der Waals surface area contributed by atoms with Crippen LogP contribution in [0.3, 0.4) is 0 Å². The number of likely N-dealkylation sites (N-methyl/N-ethyl adjacent to an activating group) is 2. The molecule has 0 spiro atoms. The van der Waals surface area contributed by atoms with Gasteiger partial charge in [-0.1, -0.05) is 76.6 Å². The van der Waals surface area contributed by atoms with Crippen molar-refractivity contribution in [2.75, 3.05) is 28.2 Å². The van der Waals surface area contributed by atoms with E-state index in [1.807, 2.05) is 66.7 Å². The Balaban J connectivity index is 0.000000191. The molecule has 6 aromatic rings. The lowest BCUT2D eigenvalue weighted by atomic mass is 10.2. The molecule has 0 radical (unpaired) electrons. The van der Waals surface area contributed by atoms with Gasteiger partial charge in [-0.15, -0.1) is 22.7 Å². The van der Waals surface area contributed by atoms with E-state index in [1.165, 1.54) is 32.5 Å². The number of carbonyl (C=O) groups excluding carboxylic acids is 2. The van der Waals surface area contributed by atoms with Crippen LogP contribution in [0, 0.1) is 0 Å². The van der Waals surface area contributed by atoms with E-state index in [2.05, 4.69) is 57.8 Å². The van der Waals surface area contributed by atoms with Gasteiger partial charge in [-0.3, -0.25) is 28.3 Å². The fourth-order valence-electron chi connectivity index (χ4n) is 4.83. The van der Waals surface area contributed by atoms with E-state index >= 15 is 0 Å². The van der Waals surface area contributed by atoms with E-state index in [1.54, 1.807) is 43.4 Å². The number of benzene rings is 2. The Morgan fingerprint density at radius 2 is 1.20 bits per heavy atom. The molecule has 1 atom stereocenters. The van der Waals surface area contributed by atoms with Crippen molar-refractivity contribution >= 4 is 103 Å². The van der Waals surface area contributed by atoms with Crippen molar-refractivity contribution in [2.24, 2.45) is 0 Å². The summed E-state index contributed by atoms with van der Waals surface area (Å²) in [6.45, 7) is 0.754. The van der Waals surface area contributed by atoms with Gasteiger partial charge in [0.1, 0.15) is 21.0 Å². The molecule has 0 saturated heterocycles. The van der Waals surface area contributed by atoms with Gasteiger partial charge < -0.3 is 9.80 Å². The molecule has 15 heteroatoms. The predicted molar refractivity (Wildman–Crippen MR) is 207 cm³/mol. The molecule has 4 heterocycles. The zero-order valence-electron chi connectivity index (χ0n) is 26.9. The molecular weight excluding hydrogens is 860 g/mol. The summed E-state index contributed by atoms with van der Waals surface area (Å²) in [6, 6.07) is 23.0. The molecule has 49 heavy (non-hydrogen) atoms. The fourth-order valence-corrected chi connectivity index (χ4v) is 8.54. The van der Waals surface area contributed by atoms with E-state index in [0.717, 1.165) is 18.7 Å². The Labute approximate surface area is 315 Å². The first kappa shape index (κ1) is 36.8. The average molecular weight is 892 g/mol. The lowest BCUT2D eigenvalue weighted by Gasteiger charge is -2.19. The molecule has 0 aliphatic rings. The summed E-state index contributed by atoms with van der Waals surface area (Å²) >= 11 is 12.9. The minimum atomic E-state index is -0.693. The SMILES string of the molecule is CN(C)C(=O)C(Br)c1nc2cc(Br)sc2c(=O)n1Cc1ccccc1.CN(C)C(=O)Cc1nc2cc(Br)sc2c(=O)n1Cc1ccccc1. The lowest BCUT2D eigenvalue weighted by molar-refractivity contribution is -0.128. The highest BCUT2D eigenvalue weighted by Crippen LogP contribution is 2.30. The first-order chi connectivity index (χ1) is 23.3. The maximum absolute atomic E-state index is 13.0. The van der Waals surface area contributed by atoms with Gasteiger partial charge in [0, 0.05) is 28.2 Å². The number of nitrogens with zero attached hydrogens (tertiary/aromatic N) is 6. The molecule has 254 valence electrons. The van der Waals surface area contributed by atoms with Crippen LogP contribution in [0.5, 0.6) is 0 Å². The Kier molecular flexibility index (Phi) is 12.0. The number of aromatic nitrogens is 4. The number of fused-ring (bicyclic) bond motifs is 2. The summed E-state index contributed by atoms with van der Waals surface area (Å²) in [5, 5.41) is 0. The third kappa shape index (κ3) is 8.63. The summed E-state index contributed by atoms with van der Waals surface area (Å²) in [6.07, 6.45) is 0.0957. The van der Waals surface area contributed by atoms with Crippen molar-refractivity contribution in [3.05, 3.63) is 124 Å². The molecule has 6 rings (SSSR count). The smallest absolute Gasteiger partial charge is 0.271 e. The maximum Gasteiger partial charge on any atom is 0.271 e. The van der Waals surface area contributed by atoms with E-state index < -0.39 is 4.83 Å². The number of carbonyl (C=O) groups is 2. The van der Waals surface area contributed by atoms with Gasteiger partial charge in [0.25, 0.3) is 11.1 Å². The third-order valence-electron chi connectivity index (χ3n) is 7.38. The summed E-state index contributed by atoms with van der Waals surface area (Å²) < 4.78 is 6.02. The fraction of sp³-hybridized carbons (Fsp3) is 0.235. The normalized spacial score (nSPS) is 11.7. The van der Waals surface area contributed by atoms with Gasteiger partial charge in [0.05, 0.1) is 38.1 Å². The number of hydrogen-bond acceptors (Lipinski definition) is 8.